The molecule has 0 bridgehead atoms. The average molecular weight is 342 g/mol. The van der Waals surface area contributed by atoms with E-state index in [1.807, 2.05) is 6.92 Å². The van der Waals surface area contributed by atoms with Crippen LogP contribution in [0.25, 0.3) is 0 Å². The predicted molar refractivity (Wildman–Crippen MR) is 79.8 cm³/mol. The number of benzene rings is 2. The first-order valence-corrected chi connectivity index (χ1v) is 7.77. The minimum Gasteiger partial charge on any atom is -0.399 e. The fourth-order valence-corrected chi connectivity index (χ4v) is 3.90. The van der Waals surface area contributed by atoms with Gasteiger partial charge in [0, 0.05) is 10.2 Å². The molecule has 0 amide bonds. The van der Waals surface area contributed by atoms with E-state index in [2.05, 4.69) is 15.9 Å². The van der Waals surface area contributed by atoms with Gasteiger partial charge in [0.25, 0.3) is 0 Å². The fourth-order valence-electron chi connectivity index (χ4n) is 1.72. The molecule has 2 rings (SSSR count). The maximum absolute atomic E-state index is 13.2. The Morgan fingerprint density at radius 2 is 2.00 bits per heavy atom. The summed E-state index contributed by atoms with van der Waals surface area (Å²) in [5.74, 6) is -0.0273. The van der Waals surface area contributed by atoms with Crippen LogP contribution in [0.4, 0.5) is 10.1 Å². The highest BCUT2D eigenvalue weighted by Gasteiger charge is 2.11. The van der Waals surface area contributed by atoms with E-state index in [1.54, 1.807) is 24.3 Å². The van der Waals surface area contributed by atoms with E-state index in [4.69, 9.17) is 5.73 Å². The van der Waals surface area contributed by atoms with Gasteiger partial charge in [0.15, 0.2) is 0 Å². The lowest BCUT2D eigenvalue weighted by atomic mass is 10.1. The van der Waals surface area contributed by atoms with Gasteiger partial charge in [-0.05, 0) is 64.3 Å². The van der Waals surface area contributed by atoms with Crippen molar-refractivity contribution >= 4 is 32.4 Å². The van der Waals surface area contributed by atoms with Gasteiger partial charge in [-0.25, -0.2) is 4.39 Å². The number of halogens is 2. The van der Waals surface area contributed by atoms with Crippen LogP contribution in [0.15, 0.2) is 45.8 Å². The average Bonchev–Trinajstić information content (AvgIpc) is 2.33. The fraction of sp³-hybridized carbons (Fsp3) is 0.143. The smallest absolute Gasteiger partial charge is 0.123 e. The number of aryl methyl sites for hydroxylation is 1. The molecule has 100 valence electrons. The molecule has 5 heteroatoms. The quantitative estimate of drug-likeness (QED) is 0.863. The molecule has 0 heterocycles. The number of hydrogen-bond donors (Lipinski definition) is 1. The van der Waals surface area contributed by atoms with Crippen molar-refractivity contribution in [2.45, 2.75) is 17.6 Å². The van der Waals surface area contributed by atoms with Crippen molar-refractivity contribution in [3.63, 3.8) is 0 Å². The predicted octanol–water partition coefficient (Wildman–Crippen LogP) is 3.79. The van der Waals surface area contributed by atoms with Crippen molar-refractivity contribution in [3.8, 4) is 0 Å². The zero-order chi connectivity index (χ0) is 14.0. The van der Waals surface area contributed by atoms with Crippen LogP contribution in [-0.4, -0.2) is 4.21 Å². The molecule has 19 heavy (non-hydrogen) atoms. The third kappa shape index (κ3) is 3.42. The summed E-state index contributed by atoms with van der Waals surface area (Å²) < 4.78 is 26.2. The maximum Gasteiger partial charge on any atom is 0.123 e. The van der Waals surface area contributed by atoms with Crippen LogP contribution in [0.2, 0.25) is 0 Å². The zero-order valence-electron chi connectivity index (χ0n) is 10.3. The Morgan fingerprint density at radius 1 is 1.26 bits per heavy atom. The highest BCUT2D eigenvalue weighted by molar-refractivity contribution is 9.10. The molecule has 0 saturated carbocycles. The van der Waals surface area contributed by atoms with Gasteiger partial charge < -0.3 is 5.73 Å². The molecule has 0 fully saturated rings. The van der Waals surface area contributed by atoms with Crippen LogP contribution in [-0.2, 0) is 16.6 Å². The van der Waals surface area contributed by atoms with Gasteiger partial charge in [-0.2, -0.15) is 0 Å². The Labute approximate surface area is 122 Å². The number of anilines is 1. The van der Waals surface area contributed by atoms with E-state index >= 15 is 0 Å². The van der Waals surface area contributed by atoms with Crippen LogP contribution in [0.1, 0.15) is 11.1 Å². The highest BCUT2D eigenvalue weighted by Crippen LogP contribution is 2.25. The van der Waals surface area contributed by atoms with Crippen LogP contribution >= 0.6 is 15.9 Å². The Kier molecular flexibility index (Phi) is 4.37. The molecule has 0 aliphatic rings. The number of nitrogen functional groups attached to an aromatic ring is 1. The Morgan fingerprint density at radius 3 is 2.68 bits per heavy atom. The van der Waals surface area contributed by atoms with Crippen molar-refractivity contribution in [2.75, 3.05) is 5.73 Å². The van der Waals surface area contributed by atoms with Crippen LogP contribution in [0.3, 0.4) is 0 Å². The first kappa shape index (κ1) is 14.2. The van der Waals surface area contributed by atoms with E-state index in [0.29, 0.717) is 15.1 Å². The molecule has 2 N–H and O–H groups in total. The lowest BCUT2D eigenvalue weighted by Gasteiger charge is -2.08. The Balaban J connectivity index is 2.28. The van der Waals surface area contributed by atoms with Gasteiger partial charge in [0.2, 0.25) is 0 Å². The maximum atomic E-state index is 13.2. The normalized spacial score (nSPS) is 12.4. The Bertz CT molecular complexity index is 645. The standard InChI is InChI=1S/C14H13BrFNOS/c1-9-2-3-11(16)6-10(9)8-19(18)14-5-4-12(17)7-13(14)15/h2-7H,8,17H2,1H3. The summed E-state index contributed by atoms with van der Waals surface area (Å²) >= 11 is 3.35. The molecule has 0 saturated heterocycles. The van der Waals surface area contributed by atoms with Crippen molar-refractivity contribution in [1.29, 1.82) is 0 Å². The summed E-state index contributed by atoms with van der Waals surface area (Å²) in [4.78, 5) is 0.665. The summed E-state index contributed by atoms with van der Waals surface area (Å²) in [7, 11) is -1.24. The molecular formula is C14H13BrFNOS. The molecule has 1 unspecified atom stereocenters. The van der Waals surface area contributed by atoms with Gasteiger partial charge >= 0.3 is 0 Å². The van der Waals surface area contributed by atoms with Gasteiger partial charge in [0.1, 0.15) is 5.82 Å². The third-order valence-electron chi connectivity index (χ3n) is 2.80. The first-order chi connectivity index (χ1) is 8.97. The zero-order valence-corrected chi connectivity index (χ0v) is 12.7. The number of hydrogen-bond acceptors (Lipinski definition) is 2. The number of nitrogens with two attached hydrogens (primary N) is 1. The summed E-state index contributed by atoms with van der Waals surface area (Å²) in [6.45, 7) is 1.88. The van der Waals surface area contributed by atoms with Crippen molar-refractivity contribution < 1.29 is 8.60 Å². The first-order valence-electron chi connectivity index (χ1n) is 5.66. The summed E-state index contributed by atoms with van der Waals surface area (Å²) in [6.07, 6.45) is 0. The number of rotatable bonds is 3. The lowest BCUT2D eigenvalue weighted by Crippen LogP contribution is -2.00. The molecule has 0 spiro atoms. The van der Waals surface area contributed by atoms with Crippen LogP contribution < -0.4 is 5.73 Å². The molecule has 2 aromatic rings. The second kappa shape index (κ2) is 5.84. The van der Waals surface area contributed by atoms with E-state index in [-0.39, 0.29) is 11.6 Å². The molecule has 2 aromatic carbocycles. The molecule has 0 aliphatic carbocycles. The molecular weight excluding hydrogens is 329 g/mol. The van der Waals surface area contributed by atoms with E-state index in [9.17, 15) is 8.60 Å². The van der Waals surface area contributed by atoms with Gasteiger partial charge in [-0.1, -0.05) is 6.07 Å². The highest BCUT2D eigenvalue weighted by atomic mass is 79.9. The summed E-state index contributed by atoms with van der Waals surface area (Å²) in [5, 5.41) is 0. The van der Waals surface area contributed by atoms with Crippen LogP contribution in [0, 0.1) is 12.7 Å². The molecule has 0 radical (unpaired) electrons. The molecule has 0 aromatic heterocycles. The van der Waals surface area contributed by atoms with Crippen molar-refractivity contribution in [3.05, 3.63) is 57.8 Å². The van der Waals surface area contributed by atoms with E-state index < -0.39 is 10.8 Å². The minimum absolute atomic E-state index is 0.284. The molecule has 0 aliphatic heterocycles. The third-order valence-corrected chi connectivity index (χ3v) is 5.14. The second-order valence-corrected chi connectivity index (χ2v) is 6.52. The minimum atomic E-state index is -1.24. The van der Waals surface area contributed by atoms with Crippen molar-refractivity contribution in [1.82, 2.24) is 0 Å². The monoisotopic (exact) mass is 341 g/mol. The molecule has 1 atom stereocenters. The second-order valence-electron chi connectivity index (χ2n) is 4.25. The van der Waals surface area contributed by atoms with Gasteiger partial charge in [-0.3, -0.25) is 4.21 Å². The SMILES string of the molecule is Cc1ccc(F)cc1CS(=O)c1ccc(N)cc1Br. The largest absolute Gasteiger partial charge is 0.399 e. The van der Waals surface area contributed by atoms with E-state index in [1.165, 1.54) is 12.1 Å². The lowest BCUT2D eigenvalue weighted by molar-refractivity contribution is 0.625. The van der Waals surface area contributed by atoms with Gasteiger partial charge in [0.05, 0.1) is 21.4 Å². The Hall–Kier alpha value is -1.20. The van der Waals surface area contributed by atoms with E-state index in [0.717, 1.165) is 11.1 Å². The summed E-state index contributed by atoms with van der Waals surface area (Å²) in [5.41, 5.74) is 7.94. The molecule has 2 nitrogen and oxygen atoms in total. The summed E-state index contributed by atoms with van der Waals surface area (Å²) in [6, 6.07) is 9.67. The van der Waals surface area contributed by atoms with Gasteiger partial charge in [-0.15, -0.1) is 0 Å². The van der Waals surface area contributed by atoms with Crippen LogP contribution in [0.5, 0.6) is 0 Å². The topological polar surface area (TPSA) is 43.1 Å². The van der Waals surface area contributed by atoms with Crippen molar-refractivity contribution in [2.24, 2.45) is 0 Å².